The summed E-state index contributed by atoms with van der Waals surface area (Å²) in [6.45, 7) is 7.51. The van der Waals surface area contributed by atoms with Crippen molar-refractivity contribution in [1.82, 2.24) is 10.2 Å². The number of piperidine rings is 1. The van der Waals surface area contributed by atoms with E-state index in [1.54, 1.807) is 17.0 Å². The molecule has 0 aliphatic carbocycles. The van der Waals surface area contributed by atoms with E-state index in [2.05, 4.69) is 5.32 Å². The normalized spacial score (nSPS) is 19.8. The number of amides is 2. The molecule has 11 heteroatoms. The van der Waals surface area contributed by atoms with E-state index in [1.165, 1.54) is 12.5 Å². The fraction of sp³-hybridized carbons (Fsp3) is 0.341. The van der Waals surface area contributed by atoms with Gasteiger partial charge in [-0.3, -0.25) is 4.79 Å². The second kappa shape index (κ2) is 16.7. The fourth-order valence-electron chi connectivity index (χ4n) is 7.23. The highest BCUT2D eigenvalue weighted by Gasteiger charge is 2.46. The van der Waals surface area contributed by atoms with E-state index in [-0.39, 0.29) is 43.0 Å². The van der Waals surface area contributed by atoms with Crippen LogP contribution in [-0.4, -0.2) is 54.8 Å². The van der Waals surface area contributed by atoms with E-state index < -0.39 is 23.9 Å². The zero-order chi connectivity index (χ0) is 38.4. The molecule has 3 heterocycles. The Bertz CT molecular complexity index is 1970. The van der Waals surface area contributed by atoms with Gasteiger partial charge in [0.05, 0.1) is 30.7 Å². The van der Waals surface area contributed by atoms with Crippen LogP contribution in [0.4, 0.5) is 4.79 Å². The largest absolute Gasteiger partial charge is 0.489 e. The summed E-state index contributed by atoms with van der Waals surface area (Å²) in [4.78, 5) is 41.6. The van der Waals surface area contributed by atoms with E-state index in [0.29, 0.717) is 37.6 Å². The number of hydrogen-bond donors (Lipinski definition) is 1. The third-order valence-electron chi connectivity index (χ3n) is 9.80. The molecule has 0 radical (unpaired) electrons. The lowest BCUT2D eigenvalue weighted by Gasteiger charge is -2.46. The van der Waals surface area contributed by atoms with Crippen LogP contribution in [0.15, 0.2) is 116 Å². The summed E-state index contributed by atoms with van der Waals surface area (Å²) in [5.74, 6) is -0.476. The van der Waals surface area contributed by atoms with Gasteiger partial charge in [-0.2, -0.15) is 0 Å². The maximum absolute atomic E-state index is 14.1. The van der Waals surface area contributed by atoms with E-state index in [9.17, 15) is 14.4 Å². The quantitative estimate of drug-likeness (QED) is 0.156. The highest BCUT2D eigenvalue weighted by Crippen LogP contribution is 2.36. The third kappa shape index (κ3) is 9.47. The number of ether oxygens (including phenoxy) is 6. The molecule has 3 unspecified atom stereocenters. The number of carbonyl (C=O) groups excluding carboxylic acids is 3. The number of likely N-dealkylation sites (tertiary alicyclic amines) is 1. The number of hydrogen-bond acceptors (Lipinski definition) is 9. The van der Waals surface area contributed by atoms with E-state index >= 15 is 0 Å². The number of nitrogens with zero attached hydrogens (tertiary/aromatic N) is 1. The zero-order valence-corrected chi connectivity index (χ0v) is 31.2. The standard InChI is InChI=1S/C44H46N2O9/c1-44(2,3)55-43(49)46-23-35-27-50-28-36(24-46)38(35)40(47)45-39(31-10-5-4-6-11-31)33-12-8-14-37(22-33)53-25-29-15-17-32(18-16-29)41(48)54-26-30-9-7-13-34(21-30)42-51-19-20-52-42/h4-22,35-36,38-39,42H,23-28H2,1-3H3,(H,45,47). The van der Waals surface area contributed by atoms with Gasteiger partial charge in [-0.05, 0) is 73.4 Å². The van der Waals surface area contributed by atoms with Gasteiger partial charge >= 0.3 is 12.1 Å². The first-order valence-electron chi connectivity index (χ1n) is 18.5. The Morgan fingerprint density at radius 1 is 0.782 bits per heavy atom. The molecule has 1 N–H and O–H groups in total. The second-order valence-corrected chi connectivity index (χ2v) is 15.1. The lowest BCUT2D eigenvalue weighted by Crippen LogP contribution is -2.58. The van der Waals surface area contributed by atoms with Crippen LogP contribution in [0, 0.1) is 17.8 Å². The molecule has 286 valence electrons. The molecule has 7 rings (SSSR count). The summed E-state index contributed by atoms with van der Waals surface area (Å²) in [7, 11) is 0. The number of esters is 1. The summed E-state index contributed by atoms with van der Waals surface area (Å²) < 4.78 is 34.1. The lowest BCUT2D eigenvalue weighted by molar-refractivity contribution is -0.143. The topological polar surface area (TPSA) is 122 Å². The molecule has 0 saturated carbocycles. The Morgan fingerprint density at radius 3 is 2.18 bits per heavy atom. The SMILES string of the molecule is CC(C)(C)OC(=O)N1CC2COCC(C1)C2C(=O)NC(c1ccccc1)c1cccc(OCc2ccc(C(=O)OCc3cccc(C4OC=CO4)c3)cc2)c1. The Morgan fingerprint density at radius 2 is 1.47 bits per heavy atom. The van der Waals surface area contributed by atoms with Crippen molar-refractivity contribution in [2.45, 2.75) is 51.9 Å². The van der Waals surface area contributed by atoms with Gasteiger partial charge in [0.2, 0.25) is 5.91 Å². The molecule has 4 aromatic carbocycles. The van der Waals surface area contributed by atoms with Crippen molar-refractivity contribution in [2.75, 3.05) is 26.3 Å². The molecule has 3 aliphatic heterocycles. The Kier molecular flexibility index (Phi) is 11.4. The van der Waals surface area contributed by atoms with Crippen LogP contribution >= 0.6 is 0 Å². The molecule has 2 bridgehead atoms. The molecule has 11 nitrogen and oxygen atoms in total. The van der Waals surface area contributed by atoms with Crippen LogP contribution in [0.3, 0.4) is 0 Å². The summed E-state index contributed by atoms with van der Waals surface area (Å²) in [6, 6.07) is 31.8. The molecule has 4 aromatic rings. The minimum Gasteiger partial charge on any atom is -0.489 e. The number of benzene rings is 4. The van der Waals surface area contributed by atoms with Gasteiger partial charge in [0.15, 0.2) is 0 Å². The number of carbonyl (C=O) groups is 3. The maximum Gasteiger partial charge on any atom is 0.410 e. The molecule has 55 heavy (non-hydrogen) atoms. The van der Waals surface area contributed by atoms with E-state index in [4.69, 9.17) is 28.4 Å². The minimum absolute atomic E-state index is 0.0692. The van der Waals surface area contributed by atoms with Crippen molar-refractivity contribution in [3.05, 3.63) is 149 Å². The van der Waals surface area contributed by atoms with Crippen molar-refractivity contribution in [1.29, 1.82) is 0 Å². The van der Waals surface area contributed by atoms with Crippen molar-refractivity contribution in [3.63, 3.8) is 0 Å². The first-order chi connectivity index (χ1) is 26.6. The average molecular weight is 747 g/mol. The van der Waals surface area contributed by atoms with Crippen LogP contribution in [0.25, 0.3) is 0 Å². The first-order valence-corrected chi connectivity index (χ1v) is 18.5. The summed E-state index contributed by atoms with van der Waals surface area (Å²) >= 11 is 0. The fourth-order valence-corrected chi connectivity index (χ4v) is 7.23. The Balaban J connectivity index is 0.973. The van der Waals surface area contributed by atoms with Crippen LogP contribution in [0.5, 0.6) is 5.75 Å². The van der Waals surface area contributed by atoms with Crippen molar-refractivity contribution in [3.8, 4) is 5.75 Å². The molecule has 3 aliphatic rings. The highest BCUT2D eigenvalue weighted by atomic mass is 16.7. The monoisotopic (exact) mass is 746 g/mol. The zero-order valence-electron chi connectivity index (χ0n) is 31.2. The summed E-state index contributed by atoms with van der Waals surface area (Å²) in [5.41, 5.74) is 4.16. The van der Waals surface area contributed by atoms with Gasteiger partial charge in [0.1, 0.15) is 37.1 Å². The lowest BCUT2D eigenvalue weighted by atomic mass is 9.75. The molecule has 0 aromatic heterocycles. The molecule has 3 atom stereocenters. The smallest absolute Gasteiger partial charge is 0.410 e. The van der Waals surface area contributed by atoms with Gasteiger partial charge in [-0.25, -0.2) is 9.59 Å². The van der Waals surface area contributed by atoms with Crippen LogP contribution in [0.2, 0.25) is 0 Å². The van der Waals surface area contributed by atoms with Crippen molar-refractivity contribution in [2.24, 2.45) is 17.8 Å². The van der Waals surface area contributed by atoms with Gasteiger partial charge in [-0.1, -0.05) is 72.8 Å². The Labute approximate surface area is 321 Å². The van der Waals surface area contributed by atoms with E-state index in [1.807, 2.05) is 112 Å². The van der Waals surface area contributed by atoms with Crippen molar-refractivity contribution >= 4 is 18.0 Å². The predicted octanol–water partition coefficient (Wildman–Crippen LogP) is 7.47. The van der Waals surface area contributed by atoms with E-state index in [0.717, 1.165) is 27.8 Å². The number of rotatable bonds is 11. The molecule has 2 saturated heterocycles. The van der Waals surface area contributed by atoms with Crippen LogP contribution in [-0.2, 0) is 41.7 Å². The molecular weight excluding hydrogens is 700 g/mol. The first kappa shape index (κ1) is 37.5. The van der Waals surface area contributed by atoms with Gasteiger partial charge in [-0.15, -0.1) is 0 Å². The molecular formula is C44H46N2O9. The second-order valence-electron chi connectivity index (χ2n) is 15.1. The number of nitrogens with one attached hydrogen (secondary N) is 1. The van der Waals surface area contributed by atoms with Gasteiger partial charge in [0, 0.05) is 30.5 Å². The maximum atomic E-state index is 14.1. The molecule has 2 amide bonds. The van der Waals surface area contributed by atoms with Gasteiger partial charge < -0.3 is 38.6 Å². The summed E-state index contributed by atoms with van der Waals surface area (Å²) in [6.07, 6.45) is 2.13. The third-order valence-corrected chi connectivity index (χ3v) is 9.80. The average Bonchev–Trinajstić information content (AvgIpc) is 3.73. The Hall–Kier alpha value is -5.81. The van der Waals surface area contributed by atoms with Crippen LogP contribution < -0.4 is 10.1 Å². The molecule has 0 spiro atoms. The van der Waals surface area contributed by atoms with Gasteiger partial charge in [0.25, 0.3) is 6.29 Å². The van der Waals surface area contributed by atoms with Crippen molar-refractivity contribution < 1.29 is 42.8 Å². The summed E-state index contributed by atoms with van der Waals surface area (Å²) in [5, 5.41) is 3.34. The van der Waals surface area contributed by atoms with Crippen LogP contribution in [0.1, 0.15) is 71.3 Å². The number of fused-ring (bicyclic) bond motifs is 2. The predicted molar refractivity (Wildman–Crippen MR) is 202 cm³/mol. The minimum atomic E-state index is -0.604. The molecule has 2 fully saturated rings. The highest BCUT2D eigenvalue weighted by molar-refractivity contribution is 5.89.